The van der Waals surface area contributed by atoms with Crippen molar-refractivity contribution < 1.29 is 9.90 Å². The molecule has 0 aromatic carbocycles. The van der Waals surface area contributed by atoms with Gasteiger partial charge in [0.25, 0.3) is 0 Å². The molecule has 0 radical (unpaired) electrons. The normalized spacial score (nSPS) is 29.4. The molecule has 1 saturated carbocycles. The third-order valence-corrected chi connectivity index (χ3v) is 3.22. The molecule has 1 N–H and O–H groups in total. The molecule has 1 saturated heterocycles. The van der Waals surface area contributed by atoms with Crippen molar-refractivity contribution in [2.75, 3.05) is 13.1 Å². The zero-order valence-corrected chi connectivity index (χ0v) is 8.34. The minimum atomic E-state index is -0.651. The molecule has 1 aliphatic heterocycles. The van der Waals surface area contributed by atoms with Crippen LogP contribution < -0.4 is 0 Å². The fraction of sp³-hybridized carbons (Fsp3) is 0.900. The van der Waals surface area contributed by atoms with Crippen molar-refractivity contribution in [1.29, 1.82) is 0 Å². The van der Waals surface area contributed by atoms with Gasteiger partial charge < -0.3 is 5.11 Å². The summed E-state index contributed by atoms with van der Waals surface area (Å²) in [7, 11) is 0. The summed E-state index contributed by atoms with van der Waals surface area (Å²) < 4.78 is 0. The van der Waals surface area contributed by atoms with Crippen LogP contribution >= 0.6 is 0 Å². The van der Waals surface area contributed by atoms with Gasteiger partial charge in [-0.25, -0.2) is 0 Å². The molecular weight excluding hydrogens is 166 g/mol. The predicted octanol–water partition coefficient (Wildman–Crippen LogP) is 1.34. The Morgan fingerprint density at radius 1 is 1.38 bits per heavy atom. The minimum Gasteiger partial charge on any atom is -0.481 e. The van der Waals surface area contributed by atoms with Crippen molar-refractivity contribution in [1.82, 2.24) is 4.90 Å². The highest BCUT2D eigenvalue weighted by Gasteiger charge is 2.55. The van der Waals surface area contributed by atoms with Gasteiger partial charge in [0.05, 0.1) is 6.42 Å². The van der Waals surface area contributed by atoms with Gasteiger partial charge >= 0.3 is 5.97 Å². The van der Waals surface area contributed by atoms with Crippen LogP contribution in [0.2, 0.25) is 0 Å². The van der Waals surface area contributed by atoms with Gasteiger partial charge in [-0.15, -0.1) is 0 Å². The monoisotopic (exact) mass is 183 g/mol. The van der Waals surface area contributed by atoms with Crippen LogP contribution in [0.15, 0.2) is 0 Å². The van der Waals surface area contributed by atoms with Crippen LogP contribution in [0.5, 0.6) is 0 Å². The molecule has 13 heavy (non-hydrogen) atoms. The first kappa shape index (κ1) is 9.00. The van der Waals surface area contributed by atoms with E-state index >= 15 is 0 Å². The van der Waals surface area contributed by atoms with Crippen LogP contribution in [-0.2, 0) is 4.79 Å². The van der Waals surface area contributed by atoms with Crippen LogP contribution in [0.4, 0.5) is 0 Å². The summed E-state index contributed by atoms with van der Waals surface area (Å²) in [4.78, 5) is 13.0. The van der Waals surface area contributed by atoms with Gasteiger partial charge in [0.15, 0.2) is 0 Å². The Kier molecular flexibility index (Phi) is 1.71. The molecule has 1 aliphatic carbocycles. The van der Waals surface area contributed by atoms with Gasteiger partial charge in [0.2, 0.25) is 0 Å². The molecule has 0 amide bonds. The maximum Gasteiger partial charge on any atom is 0.305 e. The molecule has 2 rings (SSSR count). The van der Waals surface area contributed by atoms with E-state index < -0.39 is 5.97 Å². The topological polar surface area (TPSA) is 40.5 Å². The van der Waals surface area contributed by atoms with Crippen LogP contribution in [0.25, 0.3) is 0 Å². The van der Waals surface area contributed by atoms with Gasteiger partial charge in [0, 0.05) is 18.6 Å². The molecule has 0 bridgehead atoms. The van der Waals surface area contributed by atoms with E-state index in [0.29, 0.717) is 11.8 Å². The Morgan fingerprint density at radius 3 is 2.23 bits per heavy atom. The van der Waals surface area contributed by atoms with E-state index in [1.165, 1.54) is 0 Å². The quantitative estimate of drug-likeness (QED) is 0.717. The molecule has 0 unspecified atom stereocenters. The average Bonchev–Trinajstić information content (AvgIpc) is 2.63. The molecular formula is C10H17NO2. The molecule has 0 spiro atoms. The second-order valence-corrected chi connectivity index (χ2v) is 5.32. The Morgan fingerprint density at radius 2 is 1.92 bits per heavy atom. The second-order valence-electron chi connectivity index (χ2n) is 5.32. The lowest BCUT2D eigenvalue weighted by atomic mass is 9.82. The lowest BCUT2D eigenvalue weighted by molar-refractivity contribution is -0.140. The number of hydrogen-bond donors (Lipinski definition) is 1. The summed E-state index contributed by atoms with van der Waals surface area (Å²) >= 11 is 0. The molecule has 1 heterocycles. The first-order valence-corrected chi connectivity index (χ1v) is 4.91. The molecule has 0 aromatic heterocycles. The van der Waals surface area contributed by atoms with Crippen molar-refractivity contribution in [2.24, 2.45) is 5.41 Å². The predicted molar refractivity (Wildman–Crippen MR) is 49.6 cm³/mol. The standard InChI is InChI=1S/C10H17NO2/c1-9(2)6-11(7-9)10(3-4-10)5-8(12)13/h3-7H2,1-2H3,(H,12,13). The Hall–Kier alpha value is -0.570. The fourth-order valence-electron chi connectivity index (χ4n) is 2.35. The number of rotatable bonds is 3. The number of nitrogens with zero attached hydrogens (tertiary/aromatic N) is 1. The Balaban J connectivity index is 1.92. The highest BCUT2D eigenvalue weighted by atomic mass is 16.4. The van der Waals surface area contributed by atoms with Crippen LogP contribution in [0.3, 0.4) is 0 Å². The molecule has 74 valence electrons. The molecule has 2 fully saturated rings. The lowest BCUT2D eigenvalue weighted by Gasteiger charge is -2.50. The van der Waals surface area contributed by atoms with Crippen molar-refractivity contribution in [2.45, 2.75) is 38.6 Å². The molecule has 3 heteroatoms. The maximum atomic E-state index is 10.6. The highest BCUT2D eigenvalue weighted by molar-refractivity contribution is 5.69. The van der Waals surface area contributed by atoms with Gasteiger partial charge in [-0.2, -0.15) is 0 Å². The first-order chi connectivity index (χ1) is 5.94. The van der Waals surface area contributed by atoms with Gasteiger partial charge in [-0.1, -0.05) is 13.8 Å². The zero-order chi connectivity index (χ0) is 9.69. The van der Waals surface area contributed by atoms with Crippen LogP contribution in [-0.4, -0.2) is 34.6 Å². The summed E-state index contributed by atoms with van der Waals surface area (Å²) in [5.74, 6) is -0.651. The van der Waals surface area contributed by atoms with Crippen molar-refractivity contribution >= 4 is 5.97 Å². The number of carbonyl (C=O) groups is 1. The van der Waals surface area contributed by atoms with Gasteiger partial charge in [-0.05, 0) is 18.3 Å². The summed E-state index contributed by atoms with van der Waals surface area (Å²) in [5.41, 5.74) is 0.468. The number of hydrogen-bond acceptors (Lipinski definition) is 2. The average molecular weight is 183 g/mol. The second kappa shape index (κ2) is 2.47. The number of carboxylic acid groups (broad SMARTS) is 1. The molecule has 0 aromatic rings. The number of likely N-dealkylation sites (tertiary alicyclic amines) is 1. The zero-order valence-electron chi connectivity index (χ0n) is 8.34. The smallest absolute Gasteiger partial charge is 0.305 e. The number of aliphatic carboxylic acids is 1. The molecule has 2 aliphatic rings. The largest absolute Gasteiger partial charge is 0.481 e. The van der Waals surface area contributed by atoms with E-state index in [0.717, 1.165) is 25.9 Å². The summed E-state index contributed by atoms with van der Waals surface area (Å²) in [6, 6.07) is 0. The van der Waals surface area contributed by atoms with Crippen LogP contribution in [0.1, 0.15) is 33.1 Å². The van der Waals surface area contributed by atoms with E-state index in [4.69, 9.17) is 5.11 Å². The van der Waals surface area contributed by atoms with E-state index in [1.54, 1.807) is 0 Å². The summed E-state index contributed by atoms with van der Waals surface area (Å²) in [5, 5.41) is 8.76. The third-order valence-electron chi connectivity index (χ3n) is 3.22. The number of carboxylic acids is 1. The Bertz CT molecular complexity index is 235. The molecule has 0 atom stereocenters. The van der Waals surface area contributed by atoms with E-state index in [-0.39, 0.29) is 5.54 Å². The van der Waals surface area contributed by atoms with E-state index in [9.17, 15) is 4.79 Å². The minimum absolute atomic E-state index is 0.0569. The Labute approximate surface area is 78.7 Å². The molecule has 3 nitrogen and oxygen atoms in total. The highest BCUT2D eigenvalue weighted by Crippen LogP contribution is 2.50. The lowest BCUT2D eigenvalue weighted by Crippen LogP contribution is -2.58. The van der Waals surface area contributed by atoms with Crippen molar-refractivity contribution in [3.8, 4) is 0 Å². The maximum absolute atomic E-state index is 10.6. The van der Waals surface area contributed by atoms with E-state index in [2.05, 4.69) is 18.7 Å². The van der Waals surface area contributed by atoms with Gasteiger partial charge in [0.1, 0.15) is 0 Å². The fourth-order valence-corrected chi connectivity index (χ4v) is 2.35. The van der Waals surface area contributed by atoms with E-state index in [1.807, 2.05) is 0 Å². The van der Waals surface area contributed by atoms with Crippen molar-refractivity contribution in [3.63, 3.8) is 0 Å². The van der Waals surface area contributed by atoms with Gasteiger partial charge in [-0.3, -0.25) is 9.69 Å². The summed E-state index contributed by atoms with van der Waals surface area (Å²) in [6.07, 6.45) is 2.49. The van der Waals surface area contributed by atoms with Crippen molar-refractivity contribution in [3.05, 3.63) is 0 Å². The van der Waals surface area contributed by atoms with Crippen LogP contribution in [0, 0.1) is 5.41 Å². The summed E-state index contributed by atoms with van der Waals surface area (Å²) in [6.45, 7) is 6.61. The SMILES string of the molecule is CC1(C)CN(C2(CC(=O)O)CC2)C1. The third kappa shape index (κ3) is 1.57. The first-order valence-electron chi connectivity index (χ1n) is 4.91.